The predicted molar refractivity (Wildman–Crippen MR) is 90.1 cm³/mol. The Hall–Kier alpha value is -0.540. The lowest BCUT2D eigenvalue weighted by molar-refractivity contribution is 0.389. The molecule has 0 radical (unpaired) electrons. The van der Waals surface area contributed by atoms with Crippen molar-refractivity contribution in [2.75, 3.05) is 0 Å². The molecule has 1 rings (SSSR count). The molecule has 3 heteroatoms. The first-order valence-electron chi connectivity index (χ1n) is 7.68. The number of halogens is 1. The number of hydrogen-bond acceptors (Lipinski definition) is 2. The summed E-state index contributed by atoms with van der Waals surface area (Å²) in [5.74, 6) is 1.15. The minimum absolute atomic E-state index is 0.210. The van der Waals surface area contributed by atoms with Gasteiger partial charge in [-0.1, -0.05) is 49.5 Å². The van der Waals surface area contributed by atoms with Crippen LogP contribution in [0.4, 0.5) is 0 Å². The summed E-state index contributed by atoms with van der Waals surface area (Å²) in [6.45, 7) is 8.93. The Kier molecular flexibility index (Phi) is 7.60. The second-order valence-corrected chi connectivity index (χ2v) is 6.97. The number of nitrogens with one attached hydrogen (secondary N) is 1. The van der Waals surface area contributed by atoms with Crippen LogP contribution < -0.4 is 5.32 Å². The lowest BCUT2D eigenvalue weighted by Crippen LogP contribution is -2.30. The lowest BCUT2D eigenvalue weighted by atomic mass is 10.00. The summed E-state index contributed by atoms with van der Waals surface area (Å²) in [5.41, 5.74) is 0.984. The molecule has 2 N–H and O–H groups in total. The molecule has 0 saturated carbocycles. The van der Waals surface area contributed by atoms with E-state index in [9.17, 15) is 5.11 Å². The van der Waals surface area contributed by atoms with E-state index in [0.717, 1.165) is 22.4 Å². The Labute approximate surface area is 132 Å². The van der Waals surface area contributed by atoms with Crippen LogP contribution in [0.15, 0.2) is 22.7 Å². The number of hydrogen-bond donors (Lipinski definition) is 2. The highest BCUT2D eigenvalue weighted by atomic mass is 79.9. The Morgan fingerprint density at radius 1 is 1.20 bits per heavy atom. The Bertz CT molecular complexity index is 406. The van der Waals surface area contributed by atoms with Crippen LogP contribution in [0, 0.1) is 5.92 Å². The zero-order valence-corrected chi connectivity index (χ0v) is 14.7. The largest absolute Gasteiger partial charge is 0.508 e. The standard InChI is InChI=1S/C17H28BrNO/c1-5-16(15-11-14(18)9-10-17(15)20)19-13(4)8-6-7-12(2)3/h9-13,16,19-20H,5-8H2,1-4H3. The van der Waals surface area contributed by atoms with Gasteiger partial charge in [-0.25, -0.2) is 0 Å². The zero-order chi connectivity index (χ0) is 15.1. The van der Waals surface area contributed by atoms with Crippen LogP contribution in [0.2, 0.25) is 0 Å². The van der Waals surface area contributed by atoms with E-state index in [1.54, 1.807) is 6.07 Å². The third kappa shape index (κ3) is 5.84. The molecule has 1 aromatic carbocycles. The highest BCUT2D eigenvalue weighted by Gasteiger charge is 2.16. The lowest BCUT2D eigenvalue weighted by Gasteiger charge is -2.24. The summed E-state index contributed by atoms with van der Waals surface area (Å²) in [7, 11) is 0. The van der Waals surface area contributed by atoms with E-state index in [4.69, 9.17) is 0 Å². The fraction of sp³-hybridized carbons (Fsp3) is 0.647. The van der Waals surface area contributed by atoms with Crippen LogP contribution in [0.3, 0.4) is 0 Å². The van der Waals surface area contributed by atoms with Gasteiger partial charge in [0.25, 0.3) is 0 Å². The van der Waals surface area contributed by atoms with Gasteiger partial charge in [0.05, 0.1) is 0 Å². The molecule has 0 bridgehead atoms. The summed E-state index contributed by atoms with van der Waals surface area (Å²) in [6, 6.07) is 6.32. The number of rotatable bonds is 8. The molecule has 0 heterocycles. The van der Waals surface area contributed by atoms with Gasteiger partial charge >= 0.3 is 0 Å². The van der Waals surface area contributed by atoms with Gasteiger partial charge in [0, 0.05) is 22.1 Å². The van der Waals surface area contributed by atoms with Crippen molar-refractivity contribution in [3.05, 3.63) is 28.2 Å². The molecular weight excluding hydrogens is 314 g/mol. The summed E-state index contributed by atoms with van der Waals surface area (Å²) in [5, 5.41) is 13.7. The third-order valence-corrected chi connectivity index (χ3v) is 4.17. The number of phenolic OH excluding ortho intramolecular Hbond substituents is 1. The van der Waals surface area contributed by atoms with E-state index >= 15 is 0 Å². The van der Waals surface area contributed by atoms with Crippen molar-refractivity contribution < 1.29 is 5.11 Å². The van der Waals surface area contributed by atoms with Gasteiger partial charge in [0.15, 0.2) is 0 Å². The number of aromatic hydroxyl groups is 1. The molecular formula is C17H28BrNO. The van der Waals surface area contributed by atoms with E-state index in [1.165, 1.54) is 19.3 Å². The molecule has 20 heavy (non-hydrogen) atoms. The second kappa shape index (κ2) is 8.68. The highest BCUT2D eigenvalue weighted by molar-refractivity contribution is 9.10. The summed E-state index contributed by atoms with van der Waals surface area (Å²) < 4.78 is 1.01. The van der Waals surface area contributed by atoms with E-state index in [2.05, 4.69) is 48.9 Å². The van der Waals surface area contributed by atoms with Crippen molar-refractivity contribution in [1.82, 2.24) is 5.32 Å². The Morgan fingerprint density at radius 2 is 1.90 bits per heavy atom. The minimum atomic E-state index is 0.210. The first kappa shape index (κ1) is 17.5. The molecule has 0 aromatic heterocycles. The monoisotopic (exact) mass is 341 g/mol. The van der Waals surface area contributed by atoms with Gasteiger partial charge in [-0.05, 0) is 43.9 Å². The maximum absolute atomic E-state index is 10.0. The molecule has 0 aliphatic carbocycles. The van der Waals surface area contributed by atoms with Gasteiger partial charge in [0.1, 0.15) is 5.75 Å². The van der Waals surface area contributed by atoms with Crippen LogP contribution in [-0.2, 0) is 0 Å². The first-order chi connectivity index (χ1) is 9.43. The molecule has 0 saturated heterocycles. The van der Waals surface area contributed by atoms with E-state index in [1.807, 2.05) is 12.1 Å². The zero-order valence-electron chi connectivity index (χ0n) is 13.1. The molecule has 0 aliphatic heterocycles. The van der Waals surface area contributed by atoms with Crippen LogP contribution in [0.1, 0.15) is 65.0 Å². The molecule has 0 fully saturated rings. The first-order valence-corrected chi connectivity index (χ1v) is 8.47. The Balaban J connectivity index is 2.60. The molecule has 114 valence electrons. The smallest absolute Gasteiger partial charge is 0.120 e. The molecule has 0 aliphatic rings. The van der Waals surface area contributed by atoms with Crippen molar-refractivity contribution in [1.29, 1.82) is 0 Å². The van der Waals surface area contributed by atoms with Crippen molar-refractivity contribution in [3.8, 4) is 5.75 Å². The van der Waals surface area contributed by atoms with Crippen LogP contribution >= 0.6 is 15.9 Å². The highest BCUT2D eigenvalue weighted by Crippen LogP contribution is 2.30. The van der Waals surface area contributed by atoms with Gasteiger partial charge in [-0.3, -0.25) is 0 Å². The molecule has 0 spiro atoms. The van der Waals surface area contributed by atoms with E-state index in [-0.39, 0.29) is 6.04 Å². The van der Waals surface area contributed by atoms with Crippen LogP contribution in [-0.4, -0.2) is 11.1 Å². The fourth-order valence-electron chi connectivity index (χ4n) is 2.49. The van der Waals surface area contributed by atoms with Gasteiger partial charge in [-0.2, -0.15) is 0 Å². The number of phenols is 1. The summed E-state index contributed by atoms with van der Waals surface area (Å²) in [6.07, 6.45) is 4.69. The minimum Gasteiger partial charge on any atom is -0.508 e. The Morgan fingerprint density at radius 3 is 2.50 bits per heavy atom. The molecule has 1 aromatic rings. The SMILES string of the molecule is CCC(NC(C)CCCC(C)C)c1cc(Br)ccc1O. The normalized spacial score (nSPS) is 14.5. The maximum Gasteiger partial charge on any atom is 0.120 e. The molecule has 2 nitrogen and oxygen atoms in total. The van der Waals surface area contributed by atoms with Crippen LogP contribution in [0.5, 0.6) is 5.75 Å². The molecule has 2 atom stereocenters. The van der Waals surface area contributed by atoms with E-state index < -0.39 is 0 Å². The van der Waals surface area contributed by atoms with Gasteiger partial charge in [-0.15, -0.1) is 0 Å². The average molecular weight is 342 g/mol. The van der Waals surface area contributed by atoms with Crippen molar-refractivity contribution in [3.63, 3.8) is 0 Å². The summed E-state index contributed by atoms with van der Waals surface area (Å²) in [4.78, 5) is 0. The topological polar surface area (TPSA) is 32.3 Å². The summed E-state index contributed by atoms with van der Waals surface area (Å²) >= 11 is 3.48. The predicted octanol–water partition coefficient (Wildman–Crippen LogP) is 5.41. The third-order valence-electron chi connectivity index (χ3n) is 3.68. The maximum atomic E-state index is 10.0. The van der Waals surface area contributed by atoms with E-state index in [0.29, 0.717) is 11.8 Å². The van der Waals surface area contributed by atoms with Crippen molar-refractivity contribution in [2.45, 2.75) is 65.5 Å². The molecule has 2 unspecified atom stereocenters. The number of benzene rings is 1. The van der Waals surface area contributed by atoms with Crippen molar-refractivity contribution >= 4 is 15.9 Å². The van der Waals surface area contributed by atoms with Gasteiger partial charge < -0.3 is 10.4 Å². The fourth-order valence-corrected chi connectivity index (χ4v) is 2.87. The van der Waals surface area contributed by atoms with Crippen LogP contribution in [0.25, 0.3) is 0 Å². The molecule has 0 amide bonds. The quantitative estimate of drug-likeness (QED) is 0.662. The average Bonchev–Trinajstić information content (AvgIpc) is 2.38. The second-order valence-electron chi connectivity index (χ2n) is 6.06. The van der Waals surface area contributed by atoms with Gasteiger partial charge in [0.2, 0.25) is 0 Å². The van der Waals surface area contributed by atoms with Crippen molar-refractivity contribution in [2.24, 2.45) is 5.92 Å².